The van der Waals surface area contributed by atoms with E-state index in [1.54, 1.807) is 19.5 Å². The van der Waals surface area contributed by atoms with Gasteiger partial charge in [-0.3, -0.25) is 14.3 Å². The molecule has 1 aliphatic carbocycles. The van der Waals surface area contributed by atoms with Gasteiger partial charge < -0.3 is 9.64 Å². The summed E-state index contributed by atoms with van der Waals surface area (Å²) in [7, 11) is 1.65. The molecule has 8 heteroatoms. The number of para-hydroxylation sites is 1. The molecule has 0 saturated heterocycles. The smallest absolute Gasteiger partial charge is 0.237 e. The van der Waals surface area contributed by atoms with E-state index < -0.39 is 0 Å². The second-order valence-corrected chi connectivity index (χ2v) is 9.70. The van der Waals surface area contributed by atoms with Crippen molar-refractivity contribution in [1.29, 1.82) is 0 Å². The van der Waals surface area contributed by atoms with Crippen molar-refractivity contribution in [2.24, 2.45) is 0 Å². The Hall–Kier alpha value is -3.65. The molecule has 2 heterocycles. The number of amides is 1. The molecule has 2 aromatic heterocycles. The number of carbonyl (C=O) groups is 1. The summed E-state index contributed by atoms with van der Waals surface area (Å²) in [4.78, 5) is 19.8. The Morgan fingerprint density at radius 2 is 1.69 bits per heavy atom. The molecule has 0 atom stereocenters. The fraction of sp³-hybridized carbons (Fsp3) is 0.286. The lowest BCUT2D eigenvalue weighted by atomic mass is 9.93. The Labute approximate surface area is 215 Å². The van der Waals surface area contributed by atoms with Crippen LogP contribution in [0.5, 0.6) is 5.75 Å². The quantitative estimate of drug-likeness (QED) is 0.286. The second kappa shape index (κ2) is 11.4. The third kappa shape index (κ3) is 5.28. The van der Waals surface area contributed by atoms with Crippen molar-refractivity contribution in [3.8, 4) is 22.8 Å². The fourth-order valence-electron chi connectivity index (χ4n) is 4.70. The molecule has 0 aliphatic heterocycles. The van der Waals surface area contributed by atoms with Gasteiger partial charge in [0.05, 0.1) is 12.9 Å². The predicted octanol–water partition coefficient (Wildman–Crippen LogP) is 5.80. The Kier molecular flexibility index (Phi) is 7.61. The van der Waals surface area contributed by atoms with E-state index in [9.17, 15) is 4.79 Å². The molecule has 1 amide bonds. The number of hydrogen-bond acceptors (Lipinski definition) is 6. The minimum atomic E-state index is 0.0906. The first-order chi connectivity index (χ1) is 17.7. The van der Waals surface area contributed by atoms with E-state index in [1.807, 2.05) is 76.2 Å². The normalized spacial score (nSPS) is 13.9. The number of anilines is 1. The highest BCUT2D eigenvalue weighted by Crippen LogP contribution is 2.31. The molecule has 0 spiro atoms. The summed E-state index contributed by atoms with van der Waals surface area (Å²) in [5, 5.41) is 9.63. The van der Waals surface area contributed by atoms with Crippen LogP contribution in [0.25, 0.3) is 17.1 Å². The van der Waals surface area contributed by atoms with Gasteiger partial charge in [0.2, 0.25) is 5.91 Å². The maximum Gasteiger partial charge on any atom is 0.237 e. The van der Waals surface area contributed by atoms with Gasteiger partial charge in [-0.25, -0.2) is 0 Å². The van der Waals surface area contributed by atoms with Crippen LogP contribution >= 0.6 is 11.8 Å². The summed E-state index contributed by atoms with van der Waals surface area (Å²) in [5.74, 6) is 1.83. The summed E-state index contributed by atoms with van der Waals surface area (Å²) in [6.45, 7) is 0. The molecule has 1 fully saturated rings. The molecule has 7 nitrogen and oxygen atoms in total. The highest BCUT2D eigenvalue weighted by Gasteiger charge is 2.27. The predicted molar refractivity (Wildman–Crippen MR) is 143 cm³/mol. The van der Waals surface area contributed by atoms with E-state index in [4.69, 9.17) is 4.74 Å². The van der Waals surface area contributed by atoms with E-state index in [-0.39, 0.29) is 17.7 Å². The van der Waals surface area contributed by atoms with Gasteiger partial charge in [0, 0.05) is 35.4 Å². The van der Waals surface area contributed by atoms with Crippen molar-refractivity contribution in [2.75, 3.05) is 17.8 Å². The number of thioether (sulfide) groups is 1. The zero-order chi connectivity index (χ0) is 24.7. The fourth-order valence-corrected chi connectivity index (χ4v) is 5.51. The molecule has 0 unspecified atom stereocenters. The first kappa shape index (κ1) is 24.1. The summed E-state index contributed by atoms with van der Waals surface area (Å²) >= 11 is 1.41. The van der Waals surface area contributed by atoms with Crippen LogP contribution in [0.3, 0.4) is 0 Å². The molecule has 1 aliphatic rings. The molecule has 36 heavy (non-hydrogen) atoms. The highest BCUT2D eigenvalue weighted by atomic mass is 32.2. The average Bonchev–Trinajstić information content (AvgIpc) is 3.38. The van der Waals surface area contributed by atoms with Gasteiger partial charge >= 0.3 is 0 Å². The standard InChI is InChI=1S/C28H29N5O2S/c1-35-25-14-12-24(13-15-25)33-27(21-16-18-29-19-17-21)30-31-28(33)36-20-26(34)32(22-8-4-2-5-9-22)23-10-6-3-7-11-23/h2,4-5,8-9,12-19,23H,3,6-7,10-11,20H2,1H3. The molecule has 0 N–H and O–H groups in total. The summed E-state index contributed by atoms with van der Waals surface area (Å²) in [6.07, 6.45) is 9.12. The summed E-state index contributed by atoms with van der Waals surface area (Å²) in [6, 6.07) is 21.8. The number of pyridine rings is 1. The van der Waals surface area contributed by atoms with Gasteiger partial charge in [0.25, 0.3) is 0 Å². The van der Waals surface area contributed by atoms with Gasteiger partial charge in [-0.05, 0) is 61.4 Å². The van der Waals surface area contributed by atoms with Crippen LogP contribution in [-0.4, -0.2) is 44.6 Å². The number of methoxy groups -OCH3 is 1. The van der Waals surface area contributed by atoms with E-state index in [0.29, 0.717) is 11.0 Å². The lowest BCUT2D eigenvalue weighted by molar-refractivity contribution is -0.116. The van der Waals surface area contributed by atoms with Crippen LogP contribution in [0.1, 0.15) is 32.1 Å². The van der Waals surface area contributed by atoms with Gasteiger partial charge in [-0.2, -0.15) is 0 Å². The lowest BCUT2D eigenvalue weighted by Gasteiger charge is -2.34. The first-order valence-electron chi connectivity index (χ1n) is 12.2. The van der Waals surface area contributed by atoms with E-state index in [0.717, 1.165) is 48.4 Å². The van der Waals surface area contributed by atoms with E-state index in [1.165, 1.54) is 18.2 Å². The molecule has 184 valence electrons. The summed E-state index contributed by atoms with van der Waals surface area (Å²) < 4.78 is 7.32. The molecule has 0 radical (unpaired) electrons. The van der Waals surface area contributed by atoms with Gasteiger partial charge in [0.1, 0.15) is 5.75 Å². The van der Waals surface area contributed by atoms with Crippen LogP contribution < -0.4 is 9.64 Å². The molecular weight excluding hydrogens is 470 g/mol. The highest BCUT2D eigenvalue weighted by molar-refractivity contribution is 7.99. The number of ether oxygens (including phenoxy) is 1. The van der Waals surface area contributed by atoms with Crippen molar-refractivity contribution in [2.45, 2.75) is 43.3 Å². The van der Waals surface area contributed by atoms with E-state index >= 15 is 0 Å². The maximum atomic E-state index is 13.6. The Morgan fingerprint density at radius 1 is 0.972 bits per heavy atom. The third-order valence-corrected chi connectivity index (χ3v) is 7.38. The minimum Gasteiger partial charge on any atom is -0.497 e. The number of rotatable bonds is 8. The Morgan fingerprint density at radius 3 is 2.39 bits per heavy atom. The SMILES string of the molecule is COc1ccc(-n2c(SCC(=O)N(c3ccccc3)C3CCCCC3)nnc2-c2ccncc2)cc1. The molecule has 5 rings (SSSR count). The van der Waals surface area contributed by atoms with Crippen molar-refractivity contribution in [3.05, 3.63) is 79.1 Å². The molecule has 2 aromatic carbocycles. The van der Waals surface area contributed by atoms with Gasteiger partial charge in [-0.1, -0.05) is 49.2 Å². The average molecular weight is 500 g/mol. The van der Waals surface area contributed by atoms with Crippen molar-refractivity contribution < 1.29 is 9.53 Å². The van der Waals surface area contributed by atoms with Crippen molar-refractivity contribution in [1.82, 2.24) is 19.7 Å². The zero-order valence-corrected chi connectivity index (χ0v) is 21.1. The largest absolute Gasteiger partial charge is 0.497 e. The lowest BCUT2D eigenvalue weighted by Crippen LogP contribution is -2.42. The van der Waals surface area contributed by atoms with Gasteiger partial charge in [-0.15, -0.1) is 10.2 Å². The van der Waals surface area contributed by atoms with Crippen LogP contribution in [0.15, 0.2) is 84.3 Å². The minimum absolute atomic E-state index is 0.0906. The van der Waals surface area contributed by atoms with Crippen LogP contribution in [0.2, 0.25) is 0 Å². The molecular formula is C28H29N5O2S. The van der Waals surface area contributed by atoms with Crippen LogP contribution in [0.4, 0.5) is 5.69 Å². The van der Waals surface area contributed by atoms with Crippen LogP contribution in [-0.2, 0) is 4.79 Å². The second-order valence-electron chi connectivity index (χ2n) is 8.76. The number of hydrogen-bond donors (Lipinski definition) is 0. The molecule has 4 aromatic rings. The van der Waals surface area contributed by atoms with Crippen LogP contribution in [0, 0.1) is 0 Å². The third-order valence-electron chi connectivity index (χ3n) is 6.47. The Balaban J connectivity index is 1.44. The number of benzene rings is 2. The van der Waals surface area contributed by atoms with Gasteiger partial charge in [0.15, 0.2) is 11.0 Å². The molecule has 0 bridgehead atoms. The topological polar surface area (TPSA) is 73.1 Å². The summed E-state index contributed by atoms with van der Waals surface area (Å²) in [5.41, 5.74) is 2.76. The van der Waals surface area contributed by atoms with Crippen molar-refractivity contribution >= 4 is 23.4 Å². The Bertz CT molecular complexity index is 1270. The zero-order valence-electron chi connectivity index (χ0n) is 20.3. The maximum absolute atomic E-state index is 13.6. The van der Waals surface area contributed by atoms with Crippen molar-refractivity contribution in [3.63, 3.8) is 0 Å². The number of nitrogens with zero attached hydrogens (tertiary/aromatic N) is 5. The number of carbonyl (C=O) groups excluding carboxylic acids is 1. The number of aromatic nitrogens is 4. The first-order valence-corrected chi connectivity index (χ1v) is 13.2. The molecule has 1 saturated carbocycles. The van der Waals surface area contributed by atoms with E-state index in [2.05, 4.69) is 15.2 Å². The monoisotopic (exact) mass is 499 g/mol.